The highest BCUT2D eigenvalue weighted by atomic mass is 19.1. The molecule has 1 saturated carbocycles. The molecule has 0 radical (unpaired) electrons. The van der Waals surface area contributed by atoms with Gasteiger partial charge in [-0.05, 0) is 30.9 Å². The number of carbonyl (C=O) groups is 1. The van der Waals surface area contributed by atoms with E-state index in [0.717, 1.165) is 25.9 Å². The van der Waals surface area contributed by atoms with Crippen molar-refractivity contribution < 1.29 is 14.3 Å². The lowest BCUT2D eigenvalue weighted by Gasteiger charge is -2.18. The van der Waals surface area contributed by atoms with Crippen LogP contribution in [0.15, 0.2) is 18.2 Å². The fourth-order valence-electron chi connectivity index (χ4n) is 3.53. The minimum absolute atomic E-state index is 0.194. The third-order valence-electron chi connectivity index (χ3n) is 4.63. The molecule has 20 heavy (non-hydrogen) atoms. The molecule has 2 fully saturated rings. The molecule has 1 amide bonds. The van der Waals surface area contributed by atoms with Crippen LogP contribution in [0.4, 0.5) is 4.39 Å². The van der Waals surface area contributed by atoms with Gasteiger partial charge in [-0.3, -0.25) is 9.69 Å². The van der Waals surface area contributed by atoms with Crippen molar-refractivity contribution in [2.24, 2.45) is 17.6 Å². The third kappa shape index (κ3) is 2.43. The van der Waals surface area contributed by atoms with E-state index in [1.54, 1.807) is 12.1 Å². The zero-order valence-electron chi connectivity index (χ0n) is 11.3. The molecule has 3 unspecified atom stereocenters. The van der Waals surface area contributed by atoms with Gasteiger partial charge < -0.3 is 10.8 Å². The number of nitrogens with zero attached hydrogens (tertiary/aromatic N) is 1. The van der Waals surface area contributed by atoms with E-state index in [2.05, 4.69) is 4.90 Å². The van der Waals surface area contributed by atoms with E-state index in [9.17, 15) is 14.3 Å². The minimum Gasteiger partial charge on any atom is -0.393 e. The Balaban J connectivity index is 1.68. The Morgan fingerprint density at radius 3 is 2.85 bits per heavy atom. The molecule has 0 spiro atoms. The summed E-state index contributed by atoms with van der Waals surface area (Å²) in [5.41, 5.74) is 5.90. The van der Waals surface area contributed by atoms with Crippen LogP contribution in [0.5, 0.6) is 0 Å². The second kappa shape index (κ2) is 5.14. The number of carbonyl (C=O) groups excluding carboxylic acids is 1. The summed E-state index contributed by atoms with van der Waals surface area (Å²) in [7, 11) is 0. The zero-order valence-corrected chi connectivity index (χ0v) is 11.3. The Labute approximate surface area is 117 Å². The van der Waals surface area contributed by atoms with Crippen LogP contribution in [0.25, 0.3) is 0 Å². The Bertz CT molecular complexity index is 535. The average molecular weight is 278 g/mol. The zero-order chi connectivity index (χ0) is 14.3. The number of aliphatic hydroxyl groups excluding tert-OH is 1. The Morgan fingerprint density at radius 2 is 2.20 bits per heavy atom. The maximum atomic E-state index is 13.9. The molecule has 5 heteroatoms. The summed E-state index contributed by atoms with van der Waals surface area (Å²) in [4.78, 5) is 13.2. The maximum Gasteiger partial charge on any atom is 0.248 e. The molecule has 0 bridgehead atoms. The molecule has 3 N–H and O–H groups in total. The monoisotopic (exact) mass is 278 g/mol. The highest BCUT2D eigenvalue weighted by Gasteiger charge is 2.41. The van der Waals surface area contributed by atoms with Gasteiger partial charge in [-0.1, -0.05) is 6.07 Å². The van der Waals surface area contributed by atoms with E-state index in [1.165, 1.54) is 6.07 Å². The molecule has 1 heterocycles. The number of likely N-dealkylation sites (tertiary alicyclic amines) is 1. The molecular formula is C15H19FN2O2. The summed E-state index contributed by atoms with van der Waals surface area (Å²) in [5, 5.41) is 9.88. The summed E-state index contributed by atoms with van der Waals surface area (Å²) >= 11 is 0. The van der Waals surface area contributed by atoms with Crippen LogP contribution in [0.1, 0.15) is 28.8 Å². The first kappa shape index (κ1) is 13.5. The topological polar surface area (TPSA) is 66.6 Å². The molecule has 3 rings (SSSR count). The Hall–Kier alpha value is -1.46. The molecule has 4 nitrogen and oxygen atoms in total. The first-order chi connectivity index (χ1) is 9.54. The van der Waals surface area contributed by atoms with E-state index < -0.39 is 5.91 Å². The largest absolute Gasteiger partial charge is 0.393 e. The van der Waals surface area contributed by atoms with Crippen molar-refractivity contribution in [1.82, 2.24) is 4.90 Å². The van der Waals surface area contributed by atoms with Gasteiger partial charge in [-0.15, -0.1) is 0 Å². The van der Waals surface area contributed by atoms with Crippen molar-refractivity contribution in [3.63, 3.8) is 0 Å². The Kier molecular flexibility index (Phi) is 3.48. The first-order valence-electron chi connectivity index (χ1n) is 7.03. The van der Waals surface area contributed by atoms with E-state index in [-0.39, 0.29) is 17.5 Å². The standard InChI is InChI=1S/C15H19FN2O2/c16-13-5-9(15(17)20)1-2-11(13)7-18-6-10-3-4-14(19)12(10)8-18/h1-2,5,10,12,14,19H,3-4,6-8H2,(H2,17,20). The number of benzene rings is 1. The number of hydrogen-bond donors (Lipinski definition) is 2. The number of primary amides is 1. The van der Waals surface area contributed by atoms with Gasteiger partial charge in [0.25, 0.3) is 0 Å². The summed E-state index contributed by atoms with van der Waals surface area (Å²) in [6.07, 6.45) is 1.75. The maximum absolute atomic E-state index is 13.9. The van der Waals surface area contributed by atoms with Gasteiger partial charge in [0.05, 0.1) is 6.10 Å². The highest BCUT2D eigenvalue weighted by molar-refractivity contribution is 5.92. The second-order valence-corrected chi connectivity index (χ2v) is 5.93. The number of rotatable bonds is 3. The molecule has 1 aliphatic heterocycles. The third-order valence-corrected chi connectivity index (χ3v) is 4.63. The van der Waals surface area contributed by atoms with E-state index >= 15 is 0 Å². The predicted octanol–water partition coefficient (Wildman–Crippen LogP) is 1.13. The number of aliphatic hydroxyl groups is 1. The Morgan fingerprint density at radius 1 is 1.40 bits per heavy atom. The van der Waals surface area contributed by atoms with Gasteiger partial charge in [0.15, 0.2) is 0 Å². The van der Waals surface area contributed by atoms with Crippen LogP contribution in [0, 0.1) is 17.7 Å². The van der Waals surface area contributed by atoms with Gasteiger partial charge in [-0.2, -0.15) is 0 Å². The van der Waals surface area contributed by atoms with E-state index in [4.69, 9.17) is 5.73 Å². The van der Waals surface area contributed by atoms with Crippen molar-refractivity contribution in [2.45, 2.75) is 25.5 Å². The van der Waals surface area contributed by atoms with Crippen LogP contribution in [0.3, 0.4) is 0 Å². The van der Waals surface area contributed by atoms with E-state index in [1.807, 2.05) is 0 Å². The fourth-order valence-corrected chi connectivity index (χ4v) is 3.53. The van der Waals surface area contributed by atoms with Crippen molar-refractivity contribution in [3.05, 3.63) is 35.1 Å². The number of fused-ring (bicyclic) bond motifs is 1. The predicted molar refractivity (Wildman–Crippen MR) is 72.4 cm³/mol. The lowest BCUT2D eigenvalue weighted by atomic mass is 10.00. The summed E-state index contributed by atoms with van der Waals surface area (Å²) in [6, 6.07) is 4.38. The fraction of sp³-hybridized carbons (Fsp3) is 0.533. The molecule has 108 valence electrons. The van der Waals surface area contributed by atoms with E-state index in [0.29, 0.717) is 23.9 Å². The van der Waals surface area contributed by atoms with Crippen LogP contribution < -0.4 is 5.73 Å². The van der Waals surface area contributed by atoms with Gasteiger partial charge in [0.2, 0.25) is 5.91 Å². The molecule has 1 aliphatic carbocycles. The van der Waals surface area contributed by atoms with Crippen LogP contribution in [-0.4, -0.2) is 35.1 Å². The van der Waals surface area contributed by atoms with Crippen molar-refractivity contribution in [3.8, 4) is 0 Å². The molecular weight excluding hydrogens is 259 g/mol. The quantitative estimate of drug-likeness (QED) is 0.871. The van der Waals surface area contributed by atoms with Crippen molar-refractivity contribution in [2.75, 3.05) is 13.1 Å². The molecule has 1 saturated heterocycles. The molecule has 0 aromatic heterocycles. The summed E-state index contributed by atoms with van der Waals surface area (Å²) in [6.45, 7) is 2.26. The average Bonchev–Trinajstić information content (AvgIpc) is 2.94. The summed E-state index contributed by atoms with van der Waals surface area (Å²) in [5.74, 6) is -0.130. The summed E-state index contributed by atoms with van der Waals surface area (Å²) < 4.78 is 13.9. The second-order valence-electron chi connectivity index (χ2n) is 5.93. The van der Waals surface area contributed by atoms with Gasteiger partial charge >= 0.3 is 0 Å². The minimum atomic E-state index is -0.616. The van der Waals surface area contributed by atoms with Crippen LogP contribution >= 0.6 is 0 Å². The van der Waals surface area contributed by atoms with Crippen LogP contribution in [0.2, 0.25) is 0 Å². The van der Waals surface area contributed by atoms with Gasteiger partial charge in [0, 0.05) is 36.7 Å². The normalized spacial score (nSPS) is 29.6. The van der Waals surface area contributed by atoms with Crippen molar-refractivity contribution in [1.29, 1.82) is 0 Å². The van der Waals surface area contributed by atoms with Crippen LogP contribution in [-0.2, 0) is 6.54 Å². The number of hydrogen-bond acceptors (Lipinski definition) is 3. The van der Waals surface area contributed by atoms with Crippen molar-refractivity contribution >= 4 is 5.91 Å². The lowest BCUT2D eigenvalue weighted by molar-refractivity contribution is 0.0999. The number of amides is 1. The van der Waals surface area contributed by atoms with Gasteiger partial charge in [-0.25, -0.2) is 4.39 Å². The lowest BCUT2D eigenvalue weighted by Crippen LogP contribution is -2.25. The molecule has 2 aliphatic rings. The first-order valence-corrected chi connectivity index (χ1v) is 7.03. The van der Waals surface area contributed by atoms with Gasteiger partial charge in [0.1, 0.15) is 5.82 Å². The molecule has 1 aromatic rings. The molecule has 3 atom stereocenters. The SMILES string of the molecule is NC(=O)c1ccc(CN2CC3CCC(O)C3C2)c(F)c1. The highest BCUT2D eigenvalue weighted by Crippen LogP contribution is 2.38. The smallest absolute Gasteiger partial charge is 0.248 e. The molecule has 1 aromatic carbocycles. The number of halogens is 1. The number of nitrogens with two attached hydrogens (primary N) is 1.